The van der Waals surface area contributed by atoms with Crippen molar-refractivity contribution in [2.75, 3.05) is 0 Å². The van der Waals surface area contributed by atoms with Gasteiger partial charge in [-0.15, -0.1) is 15.3 Å². The van der Waals surface area contributed by atoms with Gasteiger partial charge in [0, 0.05) is 22.2 Å². The summed E-state index contributed by atoms with van der Waals surface area (Å²) in [5, 5.41) is 16.8. The van der Waals surface area contributed by atoms with Crippen molar-refractivity contribution in [1.82, 2.24) is 25.0 Å². The van der Waals surface area contributed by atoms with Crippen molar-refractivity contribution >= 4 is 28.7 Å². The summed E-state index contributed by atoms with van der Waals surface area (Å²) in [7, 11) is 0. The van der Waals surface area contributed by atoms with Crippen LogP contribution in [0.2, 0.25) is 5.02 Å². The average molecular weight is 536 g/mol. The van der Waals surface area contributed by atoms with E-state index < -0.39 is 11.8 Å². The molecule has 2 aliphatic rings. The van der Waals surface area contributed by atoms with Crippen molar-refractivity contribution < 1.29 is 18.9 Å². The van der Waals surface area contributed by atoms with E-state index >= 15 is 0 Å². The average Bonchev–Trinajstić information content (AvgIpc) is 3.44. The predicted octanol–water partition coefficient (Wildman–Crippen LogP) is 6.69. The van der Waals surface area contributed by atoms with Gasteiger partial charge in [0.2, 0.25) is 0 Å². The standard InChI is InChI=1S/C28H30ClN5O4/c1-28(2,3)36-27(35)38-33-15-19-14-20(29)12-13-22(19)34-24(16-33)30-31-26(34)18-10-8-17(9-11-18)25-21-6-4-5-7-23(21)37-32-25/h4-7,12-14,17-18H,8-11,15-16H2,1-3H3/t17-,18-. The van der Waals surface area contributed by atoms with Crippen LogP contribution in [0.4, 0.5) is 4.79 Å². The SMILES string of the molecule is CC(C)(C)OC(=O)ON1Cc2cc(Cl)ccc2-n2c(nnc2[C@H]2CC[C@H](c3noc4ccccc43)CC2)C1. The van der Waals surface area contributed by atoms with Gasteiger partial charge in [-0.2, -0.15) is 0 Å². The molecular weight excluding hydrogens is 506 g/mol. The summed E-state index contributed by atoms with van der Waals surface area (Å²) >= 11 is 6.36. The zero-order valence-corrected chi connectivity index (χ0v) is 22.4. The van der Waals surface area contributed by atoms with Crippen molar-refractivity contribution in [1.29, 1.82) is 0 Å². The quantitative estimate of drug-likeness (QED) is 0.268. The van der Waals surface area contributed by atoms with Crippen LogP contribution in [0.1, 0.15) is 81.2 Å². The van der Waals surface area contributed by atoms with Gasteiger partial charge in [-0.05, 0) is 82.3 Å². The lowest BCUT2D eigenvalue weighted by Crippen LogP contribution is -2.31. The van der Waals surface area contributed by atoms with E-state index in [0.29, 0.717) is 23.3 Å². The Morgan fingerprint density at radius 3 is 2.58 bits per heavy atom. The van der Waals surface area contributed by atoms with Crippen LogP contribution in [0.3, 0.4) is 0 Å². The highest BCUT2D eigenvalue weighted by Gasteiger charge is 2.33. The molecule has 6 rings (SSSR count). The van der Waals surface area contributed by atoms with Crippen LogP contribution in [0.5, 0.6) is 0 Å². The normalized spacial score (nSPS) is 20.0. The van der Waals surface area contributed by atoms with E-state index in [0.717, 1.165) is 59.4 Å². The van der Waals surface area contributed by atoms with Crippen LogP contribution in [0.25, 0.3) is 16.7 Å². The molecule has 0 saturated heterocycles. The fourth-order valence-electron chi connectivity index (χ4n) is 5.53. The largest absolute Gasteiger partial charge is 0.528 e. The number of carbonyl (C=O) groups excluding carboxylic acids is 1. The van der Waals surface area contributed by atoms with Gasteiger partial charge in [0.05, 0.1) is 24.5 Å². The molecule has 198 valence electrons. The van der Waals surface area contributed by atoms with E-state index in [1.807, 2.05) is 36.4 Å². The second-order valence-electron chi connectivity index (χ2n) is 11.0. The summed E-state index contributed by atoms with van der Waals surface area (Å²) in [6, 6.07) is 13.8. The minimum absolute atomic E-state index is 0.243. The van der Waals surface area contributed by atoms with Crippen LogP contribution in [-0.2, 0) is 22.7 Å². The lowest BCUT2D eigenvalue weighted by Gasteiger charge is -2.27. The van der Waals surface area contributed by atoms with Crippen LogP contribution >= 0.6 is 11.6 Å². The van der Waals surface area contributed by atoms with Crippen molar-refractivity contribution in [3.05, 3.63) is 70.4 Å². The van der Waals surface area contributed by atoms with Gasteiger partial charge in [0.25, 0.3) is 0 Å². The van der Waals surface area contributed by atoms with Gasteiger partial charge < -0.3 is 14.1 Å². The lowest BCUT2D eigenvalue weighted by molar-refractivity contribution is -0.155. The first-order valence-corrected chi connectivity index (χ1v) is 13.4. The molecule has 0 N–H and O–H groups in total. The minimum Gasteiger partial charge on any atom is -0.427 e. The van der Waals surface area contributed by atoms with E-state index in [2.05, 4.69) is 26.0 Å². The summed E-state index contributed by atoms with van der Waals surface area (Å²) < 4.78 is 13.0. The zero-order valence-electron chi connectivity index (χ0n) is 21.7. The molecule has 0 atom stereocenters. The highest BCUT2D eigenvalue weighted by molar-refractivity contribution is 6.30. The maximum Gasteiger partial charge on any atom is 0.528 e. The predicted molar refractivity (Wildman–Crippen MR) is 141 cm³/mol. The summed E-state index contributed by atoms with van der Waals surface area (Å²) in [6.45, 7) is 6.03. The third kappa shape index (κ3) is 4.88. The molecule has 3 heterocycles. The number of nitrogens with zero attached hydrogens (tertiary/aromatic N) is 5. The molecule has 0 spiro atoms. The van der Waals surface area contributed by atoms with E-state index in [9.17, 15) is 4.79 Å². The first-order valence-electron chi connectivity index (χ1n) is 13.0. The van der Waals surface area contributed by atoms with Crippen molar-refractivity contribution in [2.45, 2.75) is 77.0 Å². The number of hydrogen-bond acceptors (Lipinski definition) is 8. The Hall–Kier alpha value is -3.43. The number of rotatable bonds is 3. The first kappa shape index (κ1) is 24.9. The Balaban J connectivity index is 1.26. The molecule has 1 saturated carbocycles. The maximum absolute atomic E-state index is 12.4. The summed E-state index contributed by atoms with van der Waals surface area (Å²) in [4.78, 5) is 18.0. The van der Waals surface area contributed by atoms with Crippen molar-refractivity contribution in [3.8, 4) is 5.69 Å². The van der Waals surface area contributed by atoms with Crippen LogP contribution < -0.4 is 0 Å². The summed E-state index contributed by atoms with van der Waals surface area (Å²) in [5.74, 6) is 2.22. The van der Waals surface area contributed by atoms with E-state index in [-0.39, 0.29) is 12.5 Å². The molecule has 0 radical (unpaired) electrons. The number of benzene rings is 2. The van der Waals surface area contributed by atoms with Crippen LogP contribution in [0, 0.1) is 0 Å². The lowest BCUT2D eigenvalue weighted by atomic mass is 9.79. The maximum atomic E-state index is 12.4. The van der Waals surface area contributed by atoms with Gasteiger partial charge in [0.15, 0.2) is 11.4 Å². The number of ether oxygens (including phenoxy) is 1. The highest BCUT2D eigenvalue weighted by atomic mass is 35.5. The number of aromatic nitrogens is 4. The molecule has 4 aromatic rings. The topological polar surface area (TPSA) is 95.5 Å². The molecule has 1 aliphatic heterocycles. The van der Waals surface area contributed by atoms with Crippen molar-refractivity contribution in [2.24, 2.45) is 0 Å². The van der Waals surface area contributed by atoms with E-state index in [4.69, 9.17) is 25.7 Å². The van der Waals surface area contributed by atoms with Gasteiger partial charge in [-0.3, -0.25) is 4.57 Å². The van der Waals surface area contributed by atoms with Gasteiger partial charge in [0.1, 0.15) is 11.4 Å². The van der Waals surface area contributed by atoms with E-state index in [1.165, 1.54) is 0 Å². The molecule has 0 bridgehead atoms. The van der Waals surface area contributed by atoms with Gasteiger partial charge in [-0.1, -0.05) is 28.9 Å². The zero-order chi connectivity index (χ0) is 26.4. The molecule has 9 nitrogen and oxygen atoms in total. The fraction of sp³-hybridized carbons (Fsp3) is 0.429. The monoisotopic (exact) mass is 535 g/mol. The number of hydrogen-bond donors (Lipinski definition) is 0. The fourth-order valence-corrected chi connectivity index (χ4v) is 5.72. The van der Waals surface area contributed by atoms with Gasteiger partial charge >= 0.3 is 6.16 Å². The molecule has 2 aromatic heterocycles. The first-order chi connectivity index (χ1) is 18.2. The van der Waals surface area contributed by atoms with E-state index in [1.54, 1.807) is 25.8 Å². The molecule has 2 aromatic carbocycles. The summed E-state index contributed by atoms with van der Waals surface area (Å²) in [5.41, 5.74) is 3.09. The molecule has 10 heteroatoms. The number of halogens is 1. The smallest absolute Gasteiger partial charge is 0.427 e. The summed E-state index contributed by atoms with van der Waals surface area (Å²) in [6.07, 6.45) is 3.15. The Bertz CT molecular complexity index is 1480. The molecule has 38 heavy (non-hydrogen) atoms. The van der Waals surface area contributed by atoms with Crippen LogP contribution in [0.15, 0.2) is 47.0 Å². The Morgan fingerprint density at radius 2 is 1.79 bits per heavy atom. The minimum atomic E-state index is -0.757. The Kier molecular flexibility index (Phi) is 6.36. The third-order valence-corrected chi connectivity index (χ3v) is 7.41. The van der Waals surface area contributed by atoms with Gasteiger partial charge in [-0.25, -0.2) is 4.79 Å². The second-order valence-corrected chi connectivity index (χ2v) is 11.5. The molecule has 1 aliphatic carbocycles. The number of carbonyl (C=O) groups is 1. The highest BCUT2D eigenvalue weighted by Crippen LogP contribution is 2.42. The number of hydroxylamine groups is 2. The molecule has 0 amide bonds. The number of fused-ring (bicyclic) bond motifs is 4. The van der Waals surface area contributed by atoms with Crippen molar-refractivity contribution in [3.63, 3.8) is 0 Å². The molecular formula is C28H30ClN5O4. The molecule has 1 fully saturated rings. The third-order valence-electron chi connectivity index (χ3n) is 7.18. The Morgan fingerprint density at radius 1 is 1.03 bits per heavy atom. The molecule has 0 unspecified atom stereocenters. The second kappa shape index (κ2) is 9.71. The van der Waals surface area contributed by atoms with Crippen LogP contribution in [-0.4, -0.2) is 36.7 Å². The Labute approximate surface area is 225 Å². The number of para-hydroxylation sites is 1.